The summed E-state index contributed by atoms with van der Waals surface area (Å²) < 4.78 is 14.3. The van der Waals surface area contributed by atoms with Gasteiger partial charge in [0.1, 0.15) is 11.6 Å². The maximum atomic E-state index is 13.5. The molecule has 1 aromatic heterocycles. The topological polar surface area (TPSA) is 49.8 Å². The van der Waals surface area contributed by atoms with Crippen molar-refractivity contribution in [3.05, 3.63) is 46.3 Å². The summed E-state index contributed by atoms with van der Waals surface area (Å²) in [6.45, 7) is 3.51. The van der Waals surface area contributed by atoms with E-state index < -0.39 is 0 Å². The molecule has 0 unspecified atom stereocenters. The van der Waals surface area contributed by atoms with Crippen molar-refractivity contribution < 1.29 is 4.39 Å². The summed E-state index contributed by atoms with van der Waals surface area (Å²) in [5, 5.41) is 6.34. The third-order valence-electron chi connectivity index (χ3n) is 2.92. The lowest BCUT2D eigenvalue weighted by molar-refractivity contribution is 0.610. The smallest absolute Gasteiger partial charge is 0.224 e. The number of rotatable bonds is 7. The predicted molar refractivity (Wildman–Crippen MR) is 87.1 cm³/mol. The van der Waals surface area contributed by atoms with E-state index in [0.29, 0.717) is 30.3 Å². The van der Waals surface area contributed by atoms with Crippen molar-refractivity contribution in [2.24, 2.45) is 0 Å². The molecule has 0 radical (unpaired) electrons. The Morgan fingerprint density at radius 1 is 1.19 bits per heavy atom. The van der Waals surface area contributed by atoms with Crippen LogP contribution in [-0.4, -0.2) is 23.1 Å². The fourth-order valence-corrected chi connectivity index (χ4v) is 2.16. The van der Waals surface area contributed by atoms with Crippen LogP contribution >= 0.6 is 15.9 Å². The number of benzene rings is 1. The summed E-state index contributed by atoms with van der Waals surface area (Å²) in [6.07, 6.45) is 3.31. The van der Waals surface area contributed by atoms with Crippen LogP contribution in [0.4, 0.5) is 16.2 Å². The average molecular weight is 353 g/mol. The highest BCUT2D eigenvalue weighted by molar-refractivity contribution is 9.10. The van der Waals surface area contributed by atoms with Crippen molar-refractivity contribution in [2.45, 2.75) is 19.8 Å². The van der Waals surface area contributed by atoms with Crippen molar-refractivity contribution in [1.82, 2.24) is 9.97 Å². The van der Waals surface area contributed by atoms with Gasteiger partial charge in [-0.1, -0.05) is 25.1 Å². The molecule has 0 saturated carbocycles. The van der Waals surface area contributed by atoms with Crippen molar-refractivity contribution in [2.75, 3.05) is 23.7 Å². The minimum atomic E-state index is -0.175. The fraction of sp³-hybridized carbons (Fsp3) is 0.333. The van der Waals surface area contributed by atoms with Crippen LogP contribution in [0.15, 0.2) is 34.9 Å². The Labute approximate surface area is 132 Å². The quantitative estimate of drug-likeness (QED) is 0.794. The van der Waals surface area contributed by atoms with Gasteiger partial charge in [-0.25, -0.2) is 9.37 Å². The second-order valence-electron chi connectivity index (χ2n) is 4.59. The molecule has 0 aliphatic rings. The molecule has 2 rings (SSSR count). The Hall–Kier alpha value is -1.69. The highest BCUT2D eigenvalue weighted by Gasteiger charge is 2.05. The third-order valence-corrected chi connectivity index (χ3v) is 3.50. The van der Waals surface area contributed by atoms with Crippen LogP contribution in [0.25, 0.3) is 0 Å². The number of aromatic nitrogens is 2. The lowest BCUT2D eigenvalue weighted by atomic mass is 10.1. The summed E-state index contributed by atoms with van der Waals surface area (Å²) in [4.78, 5) is 8.58. The van der Waals surface area contributed by atoms with E-state index in [1.807, 2.05) is 6.07 Å². The van der Waals surface area contributed by atoms with Crippen LogP contribution < -0.4 is 10.6 Å². The van der Waals surface area contributed by atoms with Gasteiger partial charge in [-0.05, 0) is 40.4 Å². The van der Waals surface area contributed by atoms with Gasteiger partial charge in [0.25, 0.3) is 0 Å². The van der Waals surface area contributed by atoms with E-state index in [4.69, 9.17) is 0 Å². The van der Waals surface area contributed by atoms with Gasteiger partial charge >= 0.3 is 0 Å². The standard InChI is InChI=1S/C15H18BrFN4/c1-2-8-19-15-20-10-12(16)14(21-15)18-9-7-11-5-3-4-6-13(11)17/h3-6,10H,2,7-9H2,1H3,(H2,18,19,20,21). The Balaban J connectivity index is 1.94. The Morgan fingerprint density at radius 3 is 2.76 bits per heavy atom. The van der Waals surface area contributed by atoms with E-state index in [9.17, 15) is 4.39 Å². The van der Waals surface area contributed by atoms with Gasteiger partial charge in [0.2, 0.25) is 5.95 Å². The van der Waals surface area contributed by atoms with Gasteiger partial charge in [0, 0.05) is 19.3 Å². The molecule has 112 valence electrons. The van der Waals surface area contributed by atoms with Gasteiger partial charge in [0.05, 0.1) is 4.47 Å². The minimum absolute atomic E-state index is 0.175. The highest BCUT2D eigenvalue weighted by atomic mass is 79.9. The third kappa shape index (κ3) is 4.67. The summed E-state index contributed by atoms with van der Waals surface area (Å²) in [7, 11) is 0. The molecule has 0 bridgehead atoms. The lowest BCUT2D eigenvalue weighted by Crippen LogP contribution is -2.10. The normalized spacial score (nSPS) is 10.4. The summed E-state index contributed by atoms with van der Waals surface area (Å²) in [5.41, 5.74) is 0.694. The minimum Gasteiger partial charge on any atom is -0.369 e. The Kier molecular flexibility index (Phi) is 5.92. The van der Waals surface area contributed by atoms with Gasteiger partial charge < -0.3 is 10.6 Å². The number of anilines is 2. The van der Waals surface area contributed by atoms with Crippen LogP contribution in [0, 0.1) is 5.82 Å². The maximum Gasteiger partial charge on any atom is 0.224 e. The SMILES string of the molecule is CCCNc1ncc(Br)c(NCCc2ccccc2F)n1. The van der Waals surface area contributed by atoms with Crippen LogP contribution in [0.2, 0.25) is 0 Å². The first-order valence-corrected chi connectivity index (χ1v) is 7.73. The molecule has 2 N–H and O–H groups in total. The average Bonchev–Trinajstić information content (AvgIpc) is 2.49. The molecule has 0 amide bonds. The largest absolute Gasteiger partial charge is 0.369 e. The molecule has 0 fully saturated rings. The molecule has 0 spiro atoms. The molecule has 0 saturated heterocycles. The zero-order chi connectivity index (χ0) is 15.1. The first-order valence-electron chi connectivity index (χ1n) is 6.94. The summed E-state index contributed by atoms with van der Waals surface area (Å²) in [6, 6.07) is 6.80. The van der Waals surface area contributed by atoms with Crippen molar-refractivity contribution in [3.63, 3.8) is 0 Å². The summed E-state index contributed by atoms with van der Waals surface area (Å²) in [5.74, 6) is 1.12. The monoisotopic (exact) mass is 352 g/mol. The molecule has 0 aliphatic heterocycles. The Morgan fingerprint density at radius 2 is 2.00 bits per heavy atom. The van der Waals surface area contributed by atoms with Crippen molar-refractivity contribution in [3.8, 4) is 0 Å². The molecule has 6 heteroatoms. The van der Waals surface area contributed by atoms with Crippen LogP contribution in [-0.2, 0) is 6.42 Å². The molecule has 1 aromatic carbocycles. The van der Waals surface area contributed by atoms with Gasteiger partial charge in [-0.3, -0.25) is 0 Å². The second kappa shape index (κ2) is 7.93. The maximum absolute atomic E-state index is 13.5. The van der Waals surface area contributed by atoms with Crippen LogP contribution in [0.3, 0.4) is 0 Å². The van der Waals surface area contributed by atoms with E-state index in [0.717, 1.165) is 17.4 Å². The van der Waals surface area contributed by atoms with Crippen molar-refractivity contribution >= 4 is 27.7 Å². The second-order valence-corrected chi connectivity index (χ2v) is 5.44. The molecule has 0 atom stereocenters. The molecule has 1 heterocycles. The van der Waals surface area contributed by atoms with Crippen LogP contribution in [0.1, 0.15) is 18.9 Å². The van der Waals surface area contributed by atoms with E-state index in [2.05, 4.69) is 43.5 Å². The first kappa shape index (κ1) is 15.7. The molecule has 2 aromatic rings. The van der Waals surface area contributed by atoms with E-state index in [-0.39, 0.29) is 5.82 Å². The van der Waals surface area contributed by atoms with Gasteiger partial charge in [-0.15, -0.1) is 0 Å². The molecular formula is C15H18BrFN4. The van der Waals surface area contributed by atoms with Gasteiger partial charge in [0.15, 0.2) is 0 Å². The molecule has 4 nitrogen and oxygen atoms in total. The fourth-order valence-electron chi connectivity index (χ4n) is 1.83. The molecule has 0 aliphatic carbocycles. The number of nitrogens with one attached hydrogen (secondary N) is 2. The molecule has 21 heavy (non-hydrogen) atoms. The number of nitrogens with zero attached hydrogens (tertiary/aromatic N) is 2. The lowest BCUT2D eigenvalue weighted by Gasteiger charge is -2.10. The van der Waals surface area contributed by atoms with E-state index >= 15 is 0 Å². The first-order chi connectivity index (χ1) is 10.2. The van der Waals surface area contributed by atoms with E-state index in [1.165, 1.54) is 6.07 Å². The zero-order valence-corrected chi connectivity index (χ0v) is 13.5. The zero-order valence-electron chi connectivity index (χ0n) is 11.9. The van der Waals surface area contributed by atoms with Crippen LogP contribution in [0.5, 0.6) is 0 Å². The highest BCUT2D eigenvalue weighted by Crippen LogP contribution is 2.20. The molecular weight excluding hydrogens is 335 g/mol. The predicted octanol–water partition coefficient (Wildman–Crippen LogP) is 3.85. The number of halogens is 2. The van der Waals surface area contributed by atoms with Gasteiger partial charge in [-0.2, -0.15) is 4.98 Å². The van der Waals surface area contributed by atoms with Crippen molar-refractivity contribution in [1.29, 1.82) is 0 Å². The Bertz CT molecular complexity index is 592. The number of hydrogen-bond donors (Lipinski definition) is 2. The van der Waals surface area contributed by atoms with E-state index in [1.54, 1.807) is 18.3 Å². The summed E-state index contributed by atoms with van der Waals surface area (Å²) >= 11 is 3.41. The number of hydrogen-bond acceptors (Lipinski definition) is 4.